The molecule has 0 aliphatic heterocycles. The minimum absolute atomic E-state index is 0.0384. The molecule has 2 heterocycles. The van der Waals surface area contributed by atoms with Gasteiger partial charge in [0.25, 0.3) is 0 Å². The lowest BCUT2D eigenvalue weighted by atomic mass is 10.2. The molecule has 0 saturated carbocycles. The second-order valence-corrected chi connectivity index (χ2v) is 4.44. The van der Waals surface area contributed by atoms with Gasteiger partial charge in [-0.2, -0.15) is 10.2 Å². The summed E-state index contributed by atoms with van der Waals surface area (Å²) in [5.41, 5.74) is 7.75. The van der Waals surface area contributed by atoms with E-state index in [1.807, 2.05) is 13.8 Å². The molecular weight excluding hydrogens is 300 g/mol. The number of oxime groups is 1. The fraction of sp³-hybridized carbons (Fsp3) is 0.200. The molecule has 0 spiro atoms. The molecule has 2 aromatic rings. The first-order valence-electron chi connectivity index (χ1n) is 5.08. The zero-order valence-corrected chi connectivity index (χ0v) is 11.4. The number of hydrogen-bond acceptors (Lipinski definition) is 5. The molecule has 0 amide bonds. The van der Waals surface area contributed by atoms with E-state index in [1.54, 1.807) is 10.7 Å². The Labute approximate surface area is 111 Å². The van der Waals surface area contributed by atoms with Gasteiger partial charge in [0.1, 0.15) is 0 Å². The Bertz CT molecular complexity index is 621. The van der Waals surface area contributed by atoms with Crippen LogP contribution in [0.2, 0.25) is 0 Å². The predicted octanol–water partition coefficient (Wildman–Crippen LogP) is 1.14. The maximum Gasteiger partial charge on any atom is 0.187 e. The van der Waals surface area contributed by atoms with Crippen molar-refractivity contribution in [3.8, 4) is 5.82 Å². The van der Waals surface area contributed by atoms with Crippen LogP contribution in [0.25, 0.3) is 5.82 Å². The van der Waals surface area contributed by atoms with E-state index in [4.69, 9.17) is 10.9 Å². The molecule has 2 aromatic heterocycles. The second-order valence-electron chi connectivity index (χ2n) is 3.65. The Hall–Kier alpha value is -1.96. The first-order valence-corrected chi connectivity index (χ1v) is 5.87. The number of hydrogen-bond donors (Lipinski definition) is 2. The summed E-state index contributed by atoms with van der Waals surface area (Å²) in [7, 11) is 0. The molecule has 0 unspecified atom stereocenters. The highest BCUT2D eigenvalue weighted by Gasteiger charge is 2.16. The summed E-state index contributed by atoms with van der Waals surface area (Å²) in [4.78, 5) is 0. The lowest BCUT2D eigenvalue weighted by Crippen LogP contribution is -2.18. The summed E-state index contributed by atoms with van der Waals surface area (Å²) in [6.45, 7) is 3.75. The van der Waals surface area contributed by atoms with Crippen molar-refractivity contribution in [2.45, 2.75) is 13.8 Å². The summed E-state index contributed by atoms with van der Waals surface area (Å²) < 4.78 is 2.48. The first-order chi connectivity index (χ1) is 8.56. The van der Waals surface area contributed by atoms with Gasteiger partial charge in [-0.15, -0.1) is 5.10 Å². The van der Waals surface area contributed by atoms with Crippen molar-refractivity contribution < 1.29 is 5.21 Å². The number of amidine groups is 1. The van der Waals surface area contributed by atoms with Crippen LogP contribution in [0, 0.1) is 13.8 Å². The van der Waals surface area contributed by atoms with Crippen LogP contribution in [-0.2, 0) is 0 Å². The van der Waals surface area contributed by atoms with Crippen molar-refractivity contribution in [3.63, 3.8) is 0 Å². The van der Waals surface area contributed by atoms with Gasteiger partial charge in [-0.3, -0.25) is 0 Å². The van der Waals surface area contributed by atoms with Crippen molar-refractivity contribution in [2.75, 3.05) is 0 Å². The molecule has 0 bridgehead atoms. The number of rotatable bonds is 2. The van der Waals surface area contributed by atoms with Crippen LogP contribution in [0.3, 0.4) is 0 Å². The van der Waals surface area contributed by atoms with E-state index in [1.165, 1.54) is 6.20 Å². The van der Waals surface area contributed by atoms with Crippen molar-refractivity contribution in [1.82, 2.24) is 20.0 Å². The van der Waals surface area contributed by atoms with Crippen molar-refractivity contribution in [2.24, 2.45) is 10.9 Å². The van der Waals surface area contributed by atoms with Gasteiger partial charge in [0, 0.05) is 0 Å². The second kappa shape index (κ2) is 4.73. The normalized spacial score (nSPS) is 11.8. The molecule has 0 aliphatic carbocycles. The van der Waals surface area contributed by atoms with Gasteiger partial charge in [0.05, 0.1) is 27.6 Å². The molecule has 0 saturated heterocycles. The van der Waals surface area contributed by atoms with Gasteiger partial charge < -0.3 is 10.9 Å². The number of nitrogens with two attached hydrogens (primary N) is 1. The molecule has 0 fully saturated rings. The van der Waals surface area contributed by atoms with E-state index < -0.39 is 0 Å². The monoisotopic (exact) mass is 310 g/mol. The van der Waals surface area contributed by atoms with Crippen LogP contribution in [0.5, 0.6) is 0 Å². The predicted molar refractivity (Wildman–Crippen MR) is 68.8 cm³/mol. The third-order valence-corrected chi connectivity index (χ3v) is 3.64. The minimum atomic E-state index is -0.0384. The molecule has 0 radical (unpaired) electrons. The molecule has 0 aromatic carbocycles. The summed E-state index contributed by atoms with van der Waals surface area (Å²) >= 11 is 3.43. The molecule has 8 heteroatoms. The van der Waals surface area contributed by atoms with Gasteiger partial charge in [-0.1, -0.05) is 5.16 Å². The molecule has 94 valence electrons. The maximum absolute atomic E-state index is 8.76. The van der Waals surface area contributed by atoms with Crippen LogP contribution >= 0.6 is 15.9 Å². The number of aromatic nitrogens is 4. The quantitative estimate of drug-likeness (QED) is 0.375. The fourth-order valence-electron chi connectivity index (χ4n) is 1.56. The third-order valence-electron chi connectivity index (χ3n) is 2.49. The van der Waals surface area contributed by atoms with Crippen molar-refractivity contribution >= 4 is 21.8 Å². The van der Waals surface area contributed by atoms with Crippen LogP contribution in [0.4, 0.5) is 0 Å². The zero-order valence-electron chi connectivity index (χ0n) is 9.79. The number of aryl methyl sites for hydroxylation is 1. The Morgan fingerprint density at radius 1 is 1.50 bits per heavy atom. The molecular formula is C10H11BrN6O. The number of nitrogens with zero attached hydrogens (tertiary/aromatic N) is 5. The Morgan fingerprint density at radius 3 is 2.78 bits per heavy atom. The summed E-state index contributed by atoms with van der Waals surface area (Å²) in [5.74, 6) is 0.377. The third kappa shape index (κ3) is 1.94. The largest absolute Gasteiger partial charge is 0.409 e. The van der Waals surface area contributed by atoms with Gasteiger partial charge in [0.2, 0.25) is 0 Å². The van der Waals surface area contributed by atoms with Crippen molar-refractivity contribution in [1.29, 1.82) is 0 Å². The Balaban J connectivity index is 2.68. The molecule has 18 heavy (non-hydrogen) atoms. The van der Waals surface area contributed by atoms with E-state index in [-0.39, 0.29) is 5.84 Å². The van der Waals surface area contributed by atoms with E-state index in [9.17, 15) is 0 Å². The smallest absolute Gasteiger partial charge is 0.187 e. The summed E-state index contributed by atoms with van der Waals surface area (Å²) in [6.07, 6.45) is 1.47. The van der Waals surface area contributed by atoms with Gasteiger partial charge >= 0.3 is 0 Å². The molecule has 0 aliphatic rings. The fourth-order valence-corrected chi connectivity index (χ4v) is 1.81. The summed E-state index contributed by atoms with van der Waals surface area (Å²) in [5, 5.41) is 23.9. The van der Waals surface area contributed by atoms with Crippen LogP contribution < -0.4 is 5.73 Å². The van der Waals surface area contributed by atoms with Gasteiger partial charge in [0.15, 0.2) is 11.7 Å². The Kier molecular flexibility index (Phi) is 3.28. The van der Waals surface area contributed by atoms with E-state index >= 15 is 0 Å². The van der Waals surface area contributed by atoms with Gasteiger partial charge in [-0.25, -0.2) is 4.68 Å². The lowest BCUT2D eigenvalue weighted by Gasteiger charge is -2.07. The highest BCUT2D eigenvalue weighted by molar-refractivity contribution is 9.10. The Morgan fingerprint density at radius 2 is 2.22 bits per heavy atom. The highest BCUT2D eigenvalue weighted by atomic mass is 79.9. The van der Waals surface area contributed by atoms with E-state index in [0.717, 1.165) is 15.9 Å². The summed E-state index contributed by atoms with van der Waals surface area (Å²) in [6, 6.07) is 1.61. The first kappa shape index (κ1) is 12.5. The SMILES string of the molecule is Cc1nn(-c2nnccc2/C(N)=N/O)c(C)c1Br. The maximum atomic E-state index is 8.76. The zero-order chi connectivity index (χ0) is 13.3. The van der Waals surface area contributed by atoms with Gasteiger partial charge in [-0.05, 0) is 35.8 Å². The average Bonchev–Trinajstić information content (AvgIpc) is 2.65. The average molecular weight is 311 g/mol. The van der Waals surface area contributed by atoms with E-state index in [0.29, 0.717) is 11.4 Å². The van der Waals surface area contributed by atoms with Crippen LogP contribution in [0.1, 0.15) is 17.0 Å². The standard InChI is InChI=1S/C10H11BrN6O/c1-5-8(11)6(2)17(15-5)10-7(9(12)16-18)3-4-13-14-10/h3-4,18H,1-2H3,(H2,12,16). The lowest BCUT2D eigenvalue weighted by molar-refractivity contribution is 0.318. The molecule has 7 nitrogen and oxygen atoms in total. The van der Waals surface area contributed by atoms with Crippen LogP contribution in [-0.4, -0.2) is 31.0 Å². The minimum Gasteiger partial charge on any atom is -0.409 e. The van der Waals surface area contributed by atoms with Crippen LogP contribution in [0.15, 0.2) is 21.9 Å². The molecule has 0 atom stereocenters. The van der Waals surface area contributed by atoms with Crippen molar-refractivity contribution in [3.05, 3.63) is 33.7 Å². The molecule has 2 rings (SSSR count). The topological polar surface area (TPSA) is 102 Å². The number of halogens is 1. The molecule has 3 N–H and O–H groups in total. The highest BCUT2D eigenvalue weighted by Crippen LogP contribution is 2.23. The van der Waals surface area contributed by atoms with E-state index in [2.05, 4.69) is 36.4 Å².